The summed E-state index contributed by atoms with van der Waals surface area (Å²) in [5, 5.41) is 0. The van der Waals surface area contributed by atoms with Gasteiger partial charge in [0.2, 0.25) is 5.91 Å². The van der Waals surface area contributed by atoms with Gasteiger partial charge in [0.05, 0.1) is 12.8 Å². The summed E-state index contributed by atoms with van der Waals surface area (Å²) in [5.41, 5.74) is 6.60. The molecule has 3 rings (SSSR count). The Morgan fingerprint density at radius 3 is 2.41 bits per heavy atom. The smallest absolute Gasteiger partial charge is 0.239 e. The second kappa shape index (κ2) is 6.77. The van der Waals surface area contributed by atoms with Gasteiger partial charge in [-0.1, -0.05) is 30.3 Å². The van der Waals surface area contributed by atoms with Crippen molar-refractivity contribution >= 4 is 5.91 Å². The van der Waals surface area contributed by atoms with Crippen molar-refractivity contribution in [1.82, 2.24) is 9.80 Å². The standard InChI is InChI=1S/C17H21N3O2/c18-17(21)16(14-5-2-1-3-6-14)20-10-8-19(9-11-20)13-15-7-4-12-22-15/h1-7,12,16H,8-11,13H2,(H2,18,21)/t16-/m1/s1. The van der Waals surface area contributed by atoms with Crippen molar-refractivity contribution in [3.05, 3.63) is 60.1 Å². The van der Waals surface area contributed by atoms with Gasteiger partial charge in [0.1, 0.15) is 11.8 Å². The number of carbonyl (C=O) groups is 1. The first kappa shape index (κ1) is 14.8. The van der Waals surface area contributed by atoms with Gasteiger partial charge in [0.15, 0.2) is 0 Å². The third-order valence-corrected chi connectivity index (χ3v) is 4.12. The van der Waals surface area contributed by atoms with Crippen molar-refractivity contribution < 1.29 is 9.21 Å². The number of nitrogens with two attached hydrogens (primary N) is 1. The number of nitrogens with zero attached hydrogens (tertiary/aromatic N) is 2. The van der Waals surface area contributed by atoms with Crippen molar-refractivity contribution in [3.8, 4) is 0 Å². The minimum Gasteiger partial charge on any atom is -0.468 e. The third kappa shape index (κ3) is 3.37. The average Bonchev–Trinajstić information content (AvgIpc) is 3.03. The van der Waals surface area contributed by atoms with Gasteiger partial charge in [-0.25, -0.2) is 0 Å². The minimum atomic E-state index is -0.341. The molecule has 0 unspecified atom stereocenters. The molecule has 2 aromatic rings. The Morgan fingerprint density at radius 2 is 1.82 bits per heavy atom. The summed E-state index contributed by atoms with van der Waals surface area (Å²) in [6.07, 6.45) is 1.70. The lowest BCUT2D eigenvalue weighted by atomic mass is 10.0. The summed E-state index contributed by atoms with van der Waals surface area (Å²) < 4.78 is 5.39. The number of furan rings is 1. The van der Waals surface area contributed by atoms with Crippen LogP contribution < -0.4 is 5.73 Å². The van der Waals surface area contributed by atoms with Gasteiger partial charge in [-0.05, 0) is 17.7 Å². The van der Waals surface area contributed by atoms with Crippen LogP contribution in [0, 0.1) is 0 Å². The minimum absolute atomic E-state index is 0.286. The zero-order chi connectivity index (χ0) is 15.4. The van der Waals surface area contributed by atoms with E-state index in [0.29, 0.717) is 0 Å². The highest BCUT2D eigenvalue weighted by Crippen LogP contribution is 2.22. The highest BCUT2D eigenvalue weighted by molar-refractivity contribution is 5.81. The highest BCUT2D eigenvalue weighted by Gasteiger charge is 2.28. The number of primary amides is 1. The number of hydrogen-bond donors (Lipinski definition) is 1. The molecule has 5 nitrogen and oxygen atoms in total. The van der Waals surface area contributed by atoms with Crippen LogP contribution in [0.3, 0.4) is 0 Å². The van der Waals surface area contributed by atoms with Gasteiger partial charge in [0, 0.05) is 26.2 Å². The molecule has 1 aliphatic rings. The Balaban J connectivity index is 1.62. The largest absolute Gasteiger partial charge is 0.468 e. The maximum atomic E-state index is 11.9. The lowest BCUT2D eigenvalue weighted by Crippen LogP contribution is -2.49. The molecule has 0 radical (unpaired) electrons. The summed E-state index contributed by atoms with van der Waals surface area (Å²) in [5.74, 6) is 0.689. The molecular formula is C17H21N3O2. The van der Waals surface area contributed by atoms with Gasteiger partial charge in [0.25, 0.3) is 0 Å². The molecule has 0 bridgehead atoms. The van der Waals surface area contributed by atoms with E-state index in [4.69, 9.17) is 10.2 Å². The first-order valence-electron chi connectivity index (χ1n) is 7.57. The summed E-state index contributed by atoms with van der Waals surface area (Å²) in [6.45, 7) is 4.26. The SMILES string of the molecule is NC(=O)[C@@H](c1ccccc1)N1CCN(Cc2ccco2)CC1. The average molecular weight is 299 g/mol. The normalized spacial score (nSPS) is 18.2. The number of carbonyl (C=O) groups excluding carboxylic acids is 1. The molecule has 0 spiro atoms. The second-order valence-corrected chi connectivity index (χ2v) is 5.61. The molecule has 116 valence electrons. The van der Waals surface area contributed by atoms with Gasteiger partial charge >= 0.3 is 0 Å². The number of piperazine rings is 1. The molecule has 0 aliphatic carbocycles. The zero-order valence-corrected chi connectivity index (χ0v) is 12.5. The van der Waals surface area contributed by atoms with Crippen molar-refractivity contribution in [1.29, 1.82) is 0 Å². The Hall–Kier alpha value is -2.11. The first-order valence-corrected chi connectivity index (χ1v) is 7.57. The Labute approximate surface area is 130 Å². The molecule has 1 atom stereocenters. The number of benzene rings is 1. The van der Waals surface area contributed by atoms with E-state index in [1.807, 2.05) is 42.5 Å². The lowest BCUT2D eigenvalue weighted by molar-refractivity contribution is -0.124. The Morgan fingerprint density at radius 1 is 1.09 bits per heavy atom. The summed E-state index contributed by atoms with van der Waals surface area (Å²) >= 11 is 0. The third-order valence-electron chi connectivity index (χ3n) is 4.12. The summed E-state index contributed by atoms with van der Waals surface area (Å²) in [7, 11) is 0. The van der Waals surface area contributed by atoms with Crippen LogP contribution in [0.2, 0.25) is 0 Å². The lowest BCUT2D eigenvalue weighted by Gasteiger charge is -2.37. The van der Waals surface area contributed by atoms with Crippen molar-refractivity contribution in [3.63, 3.8) is 0 Å². The molecule has 5 heteroatoms. The van der Waals surface area contributed by atoms with Crippen LogP contribution >= 0.6 is 0 Å². The topological polar surface area (TPSA) is 62.7 Å². The van der Waals surface area contributed by atoms with Crippen molar-refractivity contribution in [2.75, 3.05) is 26.2 Å². The number of amides is 1. The molecule has 0 saturated carbocycles. The molecule has 1 saturated heterocycles. The van der Waals surface area contributed by atoms with Gasteiger partial charge in [-0.3, -0.25) is 14.6 Å². The van der Waals surface area contributed by atoms with Crippen LogP contribution in [0.5, 0.6) is 0 Å². The van der Waals surface area contributed by atoms with E-state index in [1.165, 1.54) is 0 Å². The fourth-order valence-corrected chi connectivity index (χ4v) is 2.99. The molecule has 2 heterocycles. The quantitative estimate of drug-likeness (QED) is 0.911. The molecule has 1 aliphatic heterocycles. The first-order chi connectivity index (χ1) is 10.7. The van der Waals surface area contributed by atoms with E-state index in [1.54, 1.807) is 6.26 Å². The van der Waals surface area contributed by atoms with Crippen LogP contribution in [0.15, 0.2) is 53.1 Å². The van der Waals surface area contributed by atoms with Crippen LogP contribution in [-0.4, -0.2) is 41.9 Å². The number of hydrogen-bond acceptors (Lipinski definition) is 4. The Kier molecular flexibility index (Phi) is 4.56. The van der Waals surface area contributed by atoms with Crippen LogP contribution in [0.25, 0.3) is 0 Å². The van der Waals surface area contributed by atoms with E-state index in [2.05, 4.69) is 9.80 Å². The molecule has 1 aromatic carbocycles. The van der Waals surface area contributed by atoms with Gasteiger partial charge < -0.3 is 10.2 Å². The van der Waals surface area contributed by atoms with E-state index in [-0.39, 0.29) is 11.9 Å². The van der Waals surface area contributed by atoms with Crippen molar-refractivity contribution in [2.24, 2.45) is 5.73 Å². The maximum Gasteiger partial charge on any atom is 0.239 e. The summed E-state index contributed by atoms with van der Waals surface area (Å²) in [6, 6.07) is 13.3. The Bertz CT molecular complexity index is 590. The van der Waals surface area contributed by atoms with Crippen LogP contribution in [-0.2, 0) is 11.3 Å². The van der Waals surface area contributed by atoms with Crippen LogP contribution in [0.4, 0.5) is 0 Å². The van der Waals surface area contributed by atoms with Gasteiger partial charge in [-0.2, -0.15) is 0 Å². The molecule has 2 N–H and O–H groups in total. The monoisotopic (exact) mass is 299 g/mol. The second-order valence-electron chi connectivity index (χ2n) is 5.61. The summed E-state index contributed by atoms with van der Waals surface area (Å²) in [4.78, 5) is 16.4. The van der Waals surface area contributed by atoms with E-state index < -0.39 is 0 Å². The van der Waals surface area contributed by atoms with E-state index >= 15 is 0 Å². The number of rotatable bonds is 5. The fraction of sp³-hybridized carbons (Fsp3) is 0.353. The maximum absolute atomic E-state index is 11.9. The predicted octanol–water partition coefficient (Wildman–Crippen LogP) is 1.62. The predicted molar refractivity (Wildman–Crippen MR) is 83.9 cm³/mol. The van der Waals surface area contributed by atoms with E-state index in [9.17, 15) is 4.79 Å². The molecule has 1 fully saturated rings. The molecule has 1 aromatic heterocycles. The molecule has 1 amide bonds. The highest BCUT2D eigenvalue weighted by atomic mass is 16.3. The van der Waals surface area contributed by atoms with Crippen molar-refractivity contribution in [2.45, 2.75) is 12.6 Å². The fourth-order valence-electron chi connectivity index (χ4n) is 2.99. The molecular weight excluding hydrogens is 278 g/mol. The molecule has 22 heavy (non-hydrogen) atoms. The zero-order valence-electron chi connectivity index (χ0n) is 12.5. The van der Waals surface area contributed by atoms with Crippen LogP contribution in [0.1, 0.15) is 17.4 Å². The van der Waals surface area contributed by atoms with E-state index in [0.717, 1.165) is 44.0 Å². The van der Waals surface area contributed by atoms with Gasteiger partial charge in [-0.15, -0.1) is 0 Å².